The molecule has 0 aliphatic rings. The minimum absolute atomic E-state index is 0.263. The zero-order chi connectivity index (χ0) is 12.4. The molecule has 0 N–H and O–H groups in total. The maximum Gasteiger partial charge on any atom is 0.140 e. The largest absolute Gasteiger partial charge is 0.489 e. The summed E-state index contributed by atoms with van der Waals surface area (Å²) in [6.45, 7) is 5.73. The fraction of sp³-hybridized carbons (Fsp3) is 0.308. The Balaban J connectivity index is 2.10. The van der Waals surface area contributed by atoms with Gasteiger partial charge in [-0.25, -0.2) is 4.39 Å². The van der Waals surface area contributed by atoms with Gasteiger partial charge in [0.05, 0.1) is 11.3 Å². The van der Waals surface area contributed by atoms with Gasteiger partial charge in [0, 0.05) is 6.07 Å². The molecule has 0 unspecified atom stereocenters. The smallest absolute Gasteiger partial charge is 0.140 e. The van der Waals surface area contributed by atoms with Gasteiger partial charge < -0.3 is 9.26 Å². The van der Waals surface area contributed by atoms with E-state index in [1.807, 2.05) is 13.8 Å². The van der Waals surface area contributed by atoms with Crippen molar-refractivity contribution in [1.29, 1.82) is 0 Å². The van der Waals surface area contributed by atoms with Crippen molar-refractivity contribution in [3.63, 3.8) is 0 Å². The predicted molar refractivity (Wildman–Crippen MR) is 61.4 cm³/mol. The van der Waals surface area contributed by atoms with E-state index in [9.17, 15) is 4.39 Å². The topological polar surface area (TPSA) is 35.3 Å². The van der Waals surface area contributed by atoms with Crippen molar-refractivity contribution in [3.05, 3.63) is 46.6 Å². The first-order valence-corrected chi connectivity index (χ1v) is 5.38. The Hall–Kier alpha value is -1.84. The van der Waals surface area contributed by atoms with Crippen molar-refractivity contribution in [2.45, 2.75) is 27.4 Å². The highest BCUT2D eigenvalue weighted by molar-refractivity contribution is 5.29. The molecule has 0 bridgehead atoms. The Morgan fingerprint density at radius 1 is 1.29 bits per heavy atom. The Kier molecular flexibility index (Phi) is 3.13. The molecule has 0 amide bonds. The second kappa shape index (κ2) is 4.57. The van der Waals surface area contributed by atoms with Crippen LogP contribution >= 0.6 is 0 Å². The number of nitrogens with zero attached hydrogens (tertiary/aromatic N) is 1. The molecule has 0 radical (unpaired) electrons. The lowest BCUT2D eigenvalue weighted by atomic mass is 10.2. The molecule has 1 aromatic heterocycles. The average Bonchev–Trinajstić information content (AvgIpc) is 2.61. The zero-order valence-corrected chi connectivity index (χ0v) is 10.1. The summed E-state index contributed by atoms with van der Waals surface area (Å²) in [6, 6.07) is 4.82. The fourth-order valence-corrected chi connectivity index (χ4v) is 1.53. The Bertz CT molecular complexity index is 515. The van der Waals surface area contributed by atoms with Crippen LogP contribution in [0, 0.1) is 26.6 Å². The first-order chi connectivity index (χ1) is 8.08. The summed E-state index contributed by atoms with van der Waals surface area (Å²) in [5.41, 5.74) is 2.32. The van der Waals surface area contributed by atoms with E-state index >= 15 is 0 Å². The molecule has 3 nitrogen and oxygen atoms in total. The van der Waals surface area contributed by atoms with Gasteiger partial charge in [0.2, 0.25) is 0 Å². The second-order valence-corrected chi connectivity index (χ2v) is 4.00. The number of ether oxygens (including phenoxy) is 1. The third kappa shape index (κ3) is 2.46. The van der Waals surface area contributed by atoms with Crippen molar-refractivity contribution in [2.24, 2.45) is 0 Å². The molecule has 0 aliphatic heterocycles. The maximum absolute atomic E-state index is 13.3. The summed E-state index contributed by atoms with van der Waals surface area (Å²) in [5, 5.41) is 3.83. The summed E-state index contributed by atoms with van der Waals surface area (Å²) in [4.78, 5) is 0. The number of hydrogen-bond donors (Lipinski definition) is 0. The molecule has 0 spiro atoms. The molecule has 90 valence electrons. The summed E-state index contributed by atoms with van der Waals surface area (Å²) in [6.07, 6.45) is 0. The summed E-state index contributed by atoms with van der Waals surface area (Å²) in [7, 11) is 0. The van der Waals surface area contributed by atoms with Gasteiger partial charge in [0.25, 0.3) is 0 Å². The molecule has 2 aromatic rings. The molecule has 0 saturated carbocycles. The van der Waals surface area contributed by atoms with E-state index in [1.54, 1.807) is 19.1 Å². The Morgan fingerprint density at radius 3 is 2.65 bits per heavy atom. The number of rotatable bonds is 3. The molecule has 1 aromatic carbocycles. The highest BCUT2D eigenvalue weighted by atomic mass is 19.1. The van der Waals surface area contributed by atoms with Gasteiger partial charge in [-0.2, -0.15) is 0 Å². The number of aromatic nitrogens is 1. The van der Waals surface area contributed by atoms with Crippen LogP contribution in [0.3, 0.4) is 0 Å². The van der Waals surface area contributed by atoms with Gasteiger partial charge in [-0.05, 0) is 32.4 Å². The molecule has 1 heterocycles. The van der Waals surface area contributed by atoms with E-state index in [-0.39, 0.29) is 5.82 Å². The molecule has 0 fully saturated rings. The quantitative estimate of drug-likeness (QED) is 0.818. The van der Waals surface area contributed by atoms with Crippen molar-refractivity contribution < 1.29 is 13.7 Å². The van der Waals surface area contributed by atoms with Crippen LogP contribution in [0.5, 0.6) is 5.75 Å². The number of aryl methyl sites for hydroxylation is 3. The normalized spacial score (nSPS) is 10.6. The van der Waals surface area contributed by atoms with Gasteiger partial charge in [0.1, 0.15) is 23.9 Å². The highest BCUT2D eigenvalue weighted by Gasteiger charge is 2.09. The molecule has 0 atom stereocenters. The van der Waals surface area contributed by atoms with Crippen molar-refractivity contribution in [3.8, 4) is 5.75 Å². The Labute approximate surface area is 99.2 Å². The van der Waals surface area contributed by atoms with E-state index in [0.29, 0.717) is 17.9 Å². The number of halogens is 1. The van der Waals surface area contributed by atoms with Crippen molar-refractivity contribution >= 4 is 0 Å². The zero-order valence-electron chi connectivity index (χ0n) is 10.1. The van der Waals surface area contributed by atoms with Crippen LogP contribution in [0.1, 0.15) is 22.6 Å². The van der Waals surface area contributed by atoms with Crippen LogP contribution in [0.2, 0.25) is 0 Å². The SMILES string of the molecule is Cc1ccc(OCc2c(C)noc2C)cc1F. The summed E-state index contributed by atoms with van der Waals surface area (Å²) < 4.78 is 23.8. The molecule has 2 rings (SSSR count). The third-order valence-electron chi connectivity index (χ3n) is 2.71. The number of hydrogen-bond acceptors (Lipinski definition) is 3. The lowest BCUT2D eigenvalue weighted by Crippen LogP contribution is -1.98. The lowest BCUT2D eigenvalue weighted by molar-refractivity contribution is 0.300. The van der Waals surface area contributed by atoms with Crippen molar-refractivity contribution in [1.82, 2.24) is 5.16 Å². The van der Waals surface area contributed by atoms with Gasteiger partial charge >= 0.3 is 0 Å². The second-order valence-electron chi connectivity index (χ2n) is 4.00. The predicted octanol–water partition coefficient (Wildman–Crippen LogP) is 3.32. The molecular weight excluding hydrogens is 221 g/mol. The van der Waals surface area contributed by atoms with E-state index < -0.39 is 0 Å². The maximum atomic E-state index is 13.3. The fourth-order valence-electron chi connectivity index (χ4n) is 1.53. The first kappa shape index (κ1) is 11.6. The van der Waals surface area contributed by atoms with Crippen LogP contribution in [0.25, 0.3) is 0 Å². The van der Waals surface area contributed by atoms with Gasteiger partial charge in [-0.15, -0.1) is 0 Å². The molecular formula is C13H14FNO2. The van der Waals surface area contributed by atoms with Crippen LogP contribution < -0.4 is 4.74 Å². The van der Waals surface area contributed by atoms with E-state index in [4.69, 9.17) is 9.26 Å². The first-order valence-electron chi connectivity index (χ1n) is 5.38. The molecule has 0 saturated heterocycles. The van der Waals surface area contributed by atoms with Gasteiger partial charge in [-0.3, -0.25) is 0 Å². The standard InChI is InChI=1S/C13H14FNO2/c1-8-4-5-11(6-13(8)14)16-7-12-9(2)15-17-10(12)3/h4-6H,7H2,1-3H3. The molecule has 17 heavy (non-hydrogen) atoms. The van der Waals surface area contributed by atoms with E-state index in [2.05, 4.69) is 5.16 Å². The highest BCUT2D eigenvalue weighted by Crippen LogP contribution is 2.19. The summed E-state index contributed by atoms with van der Waals surface area (Å²) >= 11 is 0. The van der Waals surface area contributed by atoms with Gasteiger partial charge in [0.15, 0.2) is 0 Å². The van der Waals surface area contributed by atoms with Crippen LogP contribution in [0.15, 0.2) is 22.7 Å². The summed E-state index contributed by atoms with van der Waals surface area (Å²) in [5.74, 6) is 0.976. The van der Waals surface area contributed by atoms with Crippen molar-refractivity contribution in [2.75, 3.05) is 0 Å². The number of benzene rings is 1. The van der Waals surface area contributed by atoms with Crippen LogP contribution in [-0.2, 0) is 6.61 Å². The third-order valence-corrected chi connectivity index (χ3v) is 2.71. The van der Waals surface area contributed by atoms with E-state index in [1.165, 1.54) is 6.07 Å². The molecule has 4 heteroatoms. The lowest BCUT2D eigenvalue weighted by Gasteiger charge is -2.06. The monoisotopic (exact) mass is 235 g/mol. The minimum Gasteiger partial charge on any atom is -0.489 e. The van der Waals surface area contributed by atoms with Crippen LogP contribution in [-0.4, -0.2) is 5.16 Å². The van der Waals surface area contributed by atoms with E-state index in [0.717, 1.165) is 17.0 Å². The van der Waals surface area contributed by atoms with Gasteiger partial charge in [-0.1, -0.05) is 11.2 Å². The van der Waals surface area contributed by atoms with Crippen LogP contribution in [0.4, 0.5) is 4.39 Å². The average molecular weight is 235 g/mol. The molecule has 0 aliphatic carbocycles. The minimum atomic E-state index is -0.263. The Morgan fingerprint density at radius 2 is 2.06 bits per heavy atom.